The number of pyridine rings is 2. The normalized spacial score (nSPS) is 13.3. The van der Waals surface area contributed by atoms with Crippen molar-refractivity contribution >= 4 is 43.7 Å². The van der Waals surface area contributed by atoms with E-state index < -0.39 is 61.5 Å². The number of hydrogen-bond acceptors (Lipinski definition) is 11. The highest BCUT2D eigenvalue weighted by atomic mass is 32.2. The van der Waals surface area contributed by atoms with Gasteiger partial charge >= 0.3 is 17.6 Å². The summed E-state index contributed by atoms with van der Waals surface area (Å²) in [7, 11) is -7.90. The lowest BCUT2D eigenvalue weighted by atomic mass is 10.0. The lowest BCUT2D eigenvalue weighted by molar-refractivity contribution is -0.153. The van der Waals surface area contributed by atoms with E-state index in [0.717, 1.165) is 33.7 Å². The number of amides is 1. The van der Waals surface area contributed by atoms with Crippen LogP contribution in [0.4, 0.5) is 29.5 Å². The fourth-order valence-corrected chi connectivity index (χ4v) is 5.83. The number of benzene rings is 1. The minimum Gasteiger partial charge on any atom is -0.741 e. The van der Waals surface area contributed by atoms with Gasteiger partial charge in [0, 0.05) is 24.5 Å². The number of halogens is 3. The fourth-order valence-electron chi connectivity index (χ4n) is 4.64. The van der Waals surface area contributed by atoms with Crippen LogP contribution in [0.15, 0.2) is 71.9 Å². The molecule has 0 aliphatic heterocycles. The highest BCUT2D eigenvalue weighted by molar-refractivity contribution is 7.89. The number of alkyl halides is 3. The van der Waals surface area contributed by atoms with E-state index in [-0.39, 0.29) is 17.1 Å². The minimum atomic E-state index is -6.09. The van der Waals surface area contributed by atoms with Gasteiger partial charge in [-0.3, -0.25) is 19.2 Å². The van der Waals surface area contributed by atoms with E-state index in [2.05, 4.69) is 30.6 Å². The van der Waals surface area contributed by atoms with Crippen molar-refractivity contribution in [3.63, 3.8) is 0 Å². The fraction of sp³-hybridized carbons (Fsp3) is 0.486. The molecule has 1 N–H and O–H groups in total. The molecule has 54 heavy (non-hydrogen) atoms. The molecule has 0 aliphatic carbocycles. The number of hydrogen-bond donors (Lipinski definition) is 1. The Labute approximate surface area is 315 Å². The molecule has 3 rings (SSSR count). The summed E-state index contributed by atoms with van der Waals surface area (Å²) < 4.78 is 100. The van der Waals surface area contributed by atoms with Crippen molar-refractivity contribution in [3.8, 4) is 0 Å². The molecule has 0 spiro atoms. The summed E-state index contributed by atoms with van der Waals surface area (Å²) in [5.41, 5.74) is -4.90. The van der Waals surface area contributed by atoms with Crippen LogP contribution in [0.5, 0.6) is 0 Å². The van der Waals surface area contributed by atoms with Crippen LogP contribution in [-0.2, 0) is 40.8 Å². The van der Waals surface area contributed by atoms with Crippen LogP contribution in [0.3, 0.4) is 0 Å². The Bertz CT molecular complexity index is 1930. The van der Waals surface area contributed by atoms with Crippen molar-refractivity contribution < 1.29 is 53.6 Å². The van der Waals surface area contributed by atoms with E-state index in [1.54, 1.807) is 65.8 Å². The number of carbonyl (C=O) groups excluding carboxylic acids is 2. The third-order valence-corrected chi connectivity index (χ3v) is 9.67. The first-order valence-corrected chi connectivity index (χ1v) is 19.6. The van der Waals surface area contributed by atoms with Crippen LogP contribution < -0.4 is 14.1 Å². The van der Waals surface area contributed by atoms with Gasteiger partial charge in [-0.2, -0.15) is 13.2 Å². The minimum absolute atomic E-state index is 0.0352. The van der Waals surface area contributed by atoms with E-state index >= 15 is 0 Å². The number of quaternary nitrogens is 1. The Morgan fingerprint density at radius 2 is 1.44 bits per heavy atom. The number of nitrogens with zero attached hydrogens (tertiary/aromatic N) is 4. The molecule has 300 valence electrons. The van der Waals surface area contributed by atoms with Crippen LogP contribution >= 0.6 is 0 Å². The number of rotatable bonds is 12. The number of aromatic nitrogens is 2. The lowest BCUT2D eigenvalue weighted by Gasteiger charge is -2.32. The number of sulfonamides is 1. The summed E-state index contributed by atoms with van der Waals surface area (Å²) >= 11 is 0. The van der Waals surface area contributed by atoms with Crippen molar-refractivity contribution in [3.05, 3.63) is 78.2 Å². The quantitative estimate of drug-likeness (QED) is 0.100. The number of nitrogens with one attached hydrogen (secondary N) is 1. The predicted molar refractivity (Wildman–Crippen MR) is 196 cm³/mol. The maximum atomic E-state index is 13.5. The van der Waals surface area contributed by atoms with Crippen LogP contribution in [0.2, 0.25) is 0 Å². The Balaban J connectivity index is 0.00000113. The van der Waals surface area contributed by atoms with Crippen molar-refractivity contribution in [1.82, 2.24) is 19.2 Å². The van der Waals surface area contributed by atoms with E-state index in [0.29, 0.717) is 5.69 Å². The molecular formula is C35H48F3N5O9S2. The van der Waals surface area contributed by atoms with Crippen molar-refractivity contribution in [2.45, 2.75) is 89.5 Å². The van der Waals surface area contributed by atoms with Crippen LogP contribution in [0, 0.1) is 0 Å². The van der Waals surface area contributed by atoms with E-state index in [1.807, 2.05) is 24.3 Å². The molecule has 0 aliphatic rings. The highest BCUT2D eigenvalue weighted by Crippen LogP contribution is 2.28. The molecule has 1 unspecified atom stereocenters. The highest BCUT2D eigenvalue weighted by Gasteiger charge is 2.37. The maximum absolute atomic E-state index is 13.5. The summed E-state index contributed by atoms with van der Waals surface area (Å²) in [6, 6.07) is 15.2. The first-order chi connectivity index (χ1) is 24.6. The topological polar surface area (TPSA) is 185 Å². The van der Waals surface area contributed by atoms with Crippen molar-refractivity contribution in [2.75, 3.05) is 31.6 Å². The predicted octanol–water partition coefficient (Wildman–Crippen LogP) is 5.85. The summed E-state index contributed by atoms with van der Waals surface area (Å²) in [4.78, 5) is 35.9. The monoisotopic (exact) mass is 803 g/mol. The molecular weight excluding hydrogens is 756 g/mol. The zero-order chi connectivity index (χ0) is 41.3. The number of ether oxygens (including phenoxy) is 2. The smallest absolute Gasteiger partial charge is 0.485 e. The number of esters is 1. The van der Waals surface area contributed by atoms with Crippen LogP contribution in [-0.4, -0.2) is 86.8 Å². The Kier molecular flexibility index (Phi) is 15.3. The molecule has 1 aromatic carbocycles. The average Bonchev–Trinajstić information content (AvgIpc) is 3.05. The molecule has 0 bridgehead atoms. The lowest BCUT2D eigenvalue weighted by Crippen LogP contribution is -2.44. The molecule has 1 amide bonds. The molecule has 2 heterocycles. The molecule has 0 fully saturated rings. The maximum Gasteiger partial charge on any atom is 0.485 e. The molecule has 1 atom stereocenters. The first kappa shape index (κ1) is 46.0. The van der Waals surface area contributed by atoms with Gasteiger partial charge in [0.1, 0.15) is 34.1 Å². The standard InChI is InChI=1S/C34H48N5O6S.CHF3O3S/c1-10-39(9,11-2)27-19-17-25(18-20-27)29(37-46(42,43)28-15-13-21-35-23-28)22-26-14-12-16-30(36-26)38(32(41)45-34(6,7)8)24-31(40)44-33(3,4)5;2-1(3,4)8(5,6)7/h12-21,23,29,37H,10-11,22,24H2,1-9H3;(H,5,6,7)/q+1;/p-1. The van der Waals surface area contributed by atoms with Gasteiger partial charge in [0.15, 0.2) is 10.1 Å². The average molecular weight is 804 g/mol. The molecule has 14 nitrogen and oxygen atoms in total. The third kappa shape index (κ3) is 14.2. The summed E-state index contributed by atoms with van der Waals surface area (Å²) in [5.74, 6) is -0.460. The van der Waals surface area contributed by atoms with E-state index in [4.69, 9.17) is 27.4 Å². The second-order valence-electron chi connectivity index (χ2n) is 14.2. The Morgan fingerprint density at radius 3 is 1.91 bits per heavy atom. The summed E-state index contributed by atoms with van der Waals surface area (Å²) in [6.45, 7) is 16.1. The molecule has 2 aromatic heterocycles. The van der Waals surface area contributed by atoms with E-state index in [1.165, 1.54) is 18.5 Å². The van der Waals surface area contributed by atoms with Gasteiger partial charge < -0.3 is 14.0 Å². The van der Waals surface area contributed by atoms with E-state index in [9.17, 15) is 31.2 Å². The SMILES string of the molecule is CC[N+](C)(CC)c1ccc(C(Cc2cccc(N(CC(=O)OC(C)(C)C)C(=O)OC(C)(C)C)n2)NS(=O)(=O)c2cccnc2)cc1.O=S(=O)([O-])C(F)(F)F. The van der Waals surface area contributed by atoms with Crippen molar-refractivity contribution in [2.24, 2.45) is 0 Å². The summed E-state index contributed by atoms with van der Waals surface area (Å²) in [5, 5.41) is 0. The summed E-state index contributed by atoms with van der Waals surface area (Å²) in [6.07, 6.45) is 2.19. The number of anilines is 1. The molecule has 19 heteroatoms. The molecule has 0 saturated heterocycles. The van der Waals surface area contributed by atoms with Crippen LogP contribution in [0.1, 0.15) is 72.7 Å². The molecule has 3 aromatic rings. The Morgan fingerprint density at radius 1 is 0.889 bits per heavy atom. The second-order valence-corrected chi connectivity index (χ2v) is 17.3. The van der Waals surface area contributed by atoms with Gasteiger partial charge in [-0.15, -0.1) is 0 Å². The van der Waals surface area contributed by atoms with Gasteiger partial charge in [0.2, 0.25) is 10.0 Å². The molecule has 0 radical (unpaired) electrons. The van der Waals surface area contributed by atoms with Crippen LogP contribution in [0.25, 0.3) is 0 Å². The van der Waals surface area contributed by atoms with Gasteiger partial charge in [-0.25, -0.2) is 31.3 Å². The second kappa shape index (κ2) is 18.0. The van der Waals surface area contributed by atoms with Gasteiger partial charge in [-0.1, -0.05) is 18.2 Å². The largest absolute Gasteiger partial charge is 0.741 e. The zero-order valence-corrected chi connectivity index (χ0v) is 33.3. The first-order valence-electron chi connectivity index (χ1n) is 16.7. The third-order valence-electron chi connectivity index (χ3n) is 7.64. The van der Waals surface area contributed by atoms with Crippen molar-refractivity contribution in [1.29, 1.82) is 0 Å². The van der Waals surface area contributed by atoms with Gasteiger partial charge in [0.25, 0.3) is 0 Å². The Hall–Kier alpha value is -4.17. The van der Waals surface area contributed by atoms with Gasteiger partial charge in [0.05, 0.1) is 26.2 Å². The molecule has 0 saturated carbocycles. The number of carbonyl (C=O) groups is 2. The van der Waals surface area contributed by atoms with Gasteiger partial charge in [-0.05, 0) is 97.4 Å². The zero-order valence-electron chi connectivity index (χ0n) is 31.7.